The zero-order valence-corrected chi connectivity index (χ0v) is 16.7. The van der Waals surface area contributed by atoms with Crippen molar-refractivity contribution in [1.29, 1.82) is 0 Å². The zero-order chi connectivity index (χ0) is 23.1. The standard InChI is InChI=1S/C22H18N4O6/c27-21(17-3-1-5-19(11-17)25(29)30)23-13-15-7-9-16(10-8-15)14-24-22(28)18-4-2-6-20(12-18)26(31)32/h1-12H,13-14H2,(H,23,27)(H,24,28). The average Bonchev–Trinajstić information content (AvgIpc) is 2.81. The summed E-state index contributed by atoms with van der Waals surface area (Å²) in [6.45, 7) is 0.448. The monoisotopic (exact) mass is 434 g/mol. The maximum absolute atomic E-state index is 12.2. The molecule has 0 bridgehead atoms. The van der Waals surface area contributed by atoms with E-state index in [1.807, 2.05) is 0 Å². The molecule has 0 unspecified atom stereocenters. The van der Waals surface area contributed by atoms with Crippen molar-refractivity contribution in [3.63, 3.8) is 0 Å². The number of hydrogen-bond acceptors (Lipinski definition) is 6. The van der Waals surface area contributed by atoms with Gasteiger partial charge in [0.25, 0.3) is 23.2 Å². The van der Waals surface area contributed by atoms with Gasteiger partial charge in [0.05, 0.1) is 9.85 Å². The van der Waals surface area contributed by atoms with Crippen LogP contribution in [0.5, 0.6) is 0 Å². The van der Waals surface area contributed by atoms with Gasteiger partial charge in [-0.2, -0.15) is 0 Å². The minimum atomic E-state index is -0.562. The SMILES string of the molecule is O=C(NCc1ccc(CNC(=O)c2cccc([N+](=O)[O-])c2)cc1)c1cccc([N+](=O)[O-])c1. The summed E-state index contributed by atoms with van der Waals surface area (Å²) in [5, 5.41) is 27.1. The fraction of sp³-hybridized carbons (Fsp3) is 0.0909. The van der Waals surface area contributed by atoms with E-state index < -0.39 is 21.7 Å². The number of rotatable bonds is 8. The van der Waals surface area contributed by atoms with Gasteiger partial charge in [-0.15, -0.1) is 0 Å². The average molecular weight is 434 g/mol. The van der Waals surface area contributed by atoms with Crippen LogP contribution in [0.1, 0.15) is 31.8 Å². The molecule has 3 rings (SSSR count). The maximum Gasteiger partial charge on any atom is 0.270 e. The number of nitrogens with one attached hydrogen (secondary N) is 2. The van der Waals surface area contributed by atoms with Crippen molar-refractivity contribution in [3.8, 4) is 0 Å². The first kappa shape index (κ1) is 22.1. The van der Waals surface area contributed by atoms with Gasteiger partial charge in [-0.3, -0.25) is 29.8 Å². The molecule has 0 fully saturated rings. The number of hydrogen-bond donors (Lipinski definition) is 2. The molecule has 2 amide bonds. The van der Waals surface area contributed by atoms with Gasteiger partial charge >= 0.3 is 0 Å². The largest absolute Gasteiger partial charge is 0.348 e. The Morgan fingerprint density at radius 3 is 1.38 bits per heavy atom. The van der Waals surface area contributed by atoms with Gasteiger partial charge in [0.2, 0.25) is 0 Å². The molecule has 0 saturated heterocycles. The number of carbonyl (C=O) groups excluding carboxylic acids is 2. The summed E-state index contributed by atoms with van der Waals surface area (Å²) in [5.41, 5.74) is 1.68. The predicted molar refractivity (Wildman–Crippen MR) is 115 cm³/mol. The lowest BCUT2D eigenvalue weighted by molar-refractivity contribution is -0.385. The Labute approximate surface area is 182 Å². The van der Waals surface area contributed by atoms with E-state index in [1.165, 1.54) is 48.5 Å². The molecule has 10 heteroatoms. The van der Waals surface area contributed by atoms with Crippen molar-refractivity contribution in [2.24, 2.45) is 0 Å². The van der Waals surface area contributed by atoms with E-state index in [2.05, 4.69) is 10.6 Å². The first-order valence-electron chi connectivity index (χ1n) is 9.46. The Morgan fingerprint density at radius 2 is 1.03 bits per heavy atom. The number of amides is 2. The van der Waals surface area contributed by atoms with Crippen molar-refractivity contribution in [2.45, 2.75) is 13.1 Å². The van der Waals surface area contributed by atoms with E-state index in [1.54, 1.807) is 24.3 Å². The van der Waals surface area contributed by atoms with Gasteiger partial charge in [0.15, 0.2) is 0 Å². The van der Waals surface area contributed by atoms with Gasteiger partial charge in [-0.05, 0) is 23.3 Å². The molecule has 162 valence electrons. The molecule has 0 aliphatic rings. The van der Waals surface area contributed by atoms with Crippen molar-refractivity contribution in [3.05, 3.63) is 115 Å². The van der Waals surface area contributed by atoms with Crippen LogP contribution in [0.2, 0.25) is 0 Å². The molecule has 32 heavy (non-hydrogen) atoms. The van der Waals surface area contributed by atoms with Gasteiger partial charge < -0.3 is 10.6 Å². The van der Waals surface area contributed by atoms with Crippen LogP contribution in [0.15, 0.2) is 72.8 Å². The minimum Gasteiger partial charge on any atom is -0.348 e. The van der Waals surface area contributed by atoms with E-state index in [-0.39, 0.29) is 35.6 Å². The summed E-state index contributed by atoms with van der Waals surface area (Å²) in [4.78, 5) is 45.0. The lowest BCUT2D eigenvalue weighted by Crippen LogP contribution is -2.23. The smallest absolute Gasteiger partial charge is 0.270 e. The molecule has 10 nitrogen and oxygen atoms in total. The van der Waals surface area contributed by atoms with Crippen molar-refractivity contribution in [2.75, 3.05) is 0 Å². The molecule has 0 atom stereocenters. The molecule has 0 heterocycles. The number of non-ortho nitro benzene ring substituents is 2. The summed E-state index contributed by atoms with van der Waals surface area (Å²) in [5.74, 6) is -0.857. The molecule has 3 aromatic carbocycles. The fourth-order valence-electron chi connectivity index (χ4n) is 2.87. The van der Waals surface area contributed by atoms with Gasteiger partial charge in [0, 0.05) is 48.5 Å². The van der Waals surface area contributed by atoms with E-state index in [0.717, 1.165) is 11.1 Å². The minimum absolute atomic E-state index is 0.158. The molecule has 3 aromatic rings. The third-order valence-corrected chi connectivity index (χ3v) is 4.57. The Balaban J connectivity index is 1.53. The van der Waals surface area contributed by atoms with Crippen molar-refractivity contribution in [1.82, 2.24) is 10.6 Å². The molecule has 0 aliphatic heterocycles. The molecule has 0 spiro atoms. The van der Waals surface area contributed by atoms with Gasteiger partial charge in [-0.25, -0.2) is 0 Å². The van der Waals surface area contributed by atoms with Crippen molar-refractivity contribution >= 4 is 23.2 Å². The van der Waals surface area contributed by atoms with Crippen LogP contribution in [0.25, 0.3) is 0 Å². The predicted octanol–water partition coefficient (Wildman–Crippen LogP) is 3.36. The van der Waals surface area contributed by atoms with Gasteiger partial charge in [-0.1, -0.05) is 36.4 Å². The van der Waals surface area contributed by atoms with Crippen LogP contribution in [0, 0.1) is 20.2 Å². The molecule has 0 saturated carbocycles. The first-order valence-corrected chi connectivity index (χ1v) is 9.46. The van der Waals surface area contributed by atoms with Crippen molar-refractivity contribution < 1.29 is 19.4 Å². The van der Waals surface area contributed by atoms with E-state index >= 15 is 0 Å². The fourth-order valence-corrected chi connectivity index (χ4v) is 2.87. The van der Waals surface area contributed by atoms with E-state index in [4.69, 9.17) is 0 Å². The van der Waals surface area contributed by atoms with Crippen LogP contribution >= 0.6 is 0 Å². The summed E-state index contributed by atoms with van der Waals surface area (Å²) >= 11 is 0. The molecule has 0 radical (unpaired) electrons. The number of carbonyl (C=O) groups is 2. The molecule has 2 N–H and O–H groups in total. The summed E-state index contributed by atoms with van der Waals surface area (Å²) in [6.07, 6.45) is 0. The molecular formula is C22H18N4O6. The number of nitro groups is 2. The Bertz CT molecular complexity index is 1080. The topological polar surface area (TPSA) is 144 Å². The van der Waals surface area contributed by atoms with Crippen LogP contribution in [0.4, 0.5) is 11.4 Å². The molecule has 0 aromatic heterocycles. The number of nitro benzene ring substituents is 2. The highest BCUT2D eigenvalue weighted by molar-refractivity contribution is 5.95. The third-order valence-electron chi connectivity index (χ3n) is 4.57. The van der Waals surface area contributed by atoms with Crippen LogP contribution in [0.3, 0.4) is 0 Å². The first-order chi connectivity index (χ1) is 15.3. The highest BCUT2D eigenvalue weighted by atomic mass is 16.6. The summed E-state index contributed by atoms with van der Waals surface area (Å²) in [7, 11) is 0. The zero-order valence-electron chi connectivity index (χ0n) is 16.7. The quantitative estimate of drug-likeness (QED) is 0.411. The lowest BCUT2D eigenvalue weighted by Gasteiger charge is -2.08. The summed E-state index contributed by atoms with van der Waals surface area (Å²) < 4.78 is 0. The normalized spacial score (nSPS) is 10.2. The maximum atomic E-state index is 12.2. The van der Waals surface area contributed by atoms with Crippen LogP contribution < -0.4 is 10.6 Å². The second-order valence-corrected chi connectivity index (χ2v) is 6.80. The van der Waals surface area contributed by atoms with Crippen LogP contribution in [-0.4, -0.2) is 21.7 Å². The Hall–Kier alpha value is -4.60. The highest BCUT2D eigenvalue weighted by Crippen LogP contribution is 2.14. The van der Waals surface area contributed by atoms with Crippen LogP contribution in [-0.2, 0) is 13.1 Å². The second kappa shape index (κ2) is 9.94. The third kappa shape index (κ3) is 5.72. The Morgan fingerprint density at radius 1 is 0.656 bits per heavy atom. The number of benzene rings is 3. The lowest BCUT2D eigenvalue weighted by atomic mass is 10.1. The van der Waals surface area contributed by atoms with Gasteiger partial charge in [0.1, 0.15) is 0 Å². The van der Waals surface area contributed by atoms with E-state index in [9.17, 15) is 29.8 Å². The molecule has 0 aliphatic carbocycles. The highest BCUT2D eigenvalue weighted by Gasteiger charge is 2.12. The summed E-state index contributed by atoms with van der Waals surface area (Å²) in [6, 6.07) is 18.1. The second-order valence-electron chi connectivity index (χ2n) is 6.80. The van der Waals surface area contributed by atoms with E-state index in [0.29, 0.717) is 0 Å². The Kier molecular flexibility index (Phi) is 6.86. The number of nitrogens with zero attached hydrogens (tertiary/aromatic N) is 2. The molecular weight excluding hydrogens is 416 g/mol.